The van der Waals surface area contributed by atoms with Crippen LogP contribution in [0.15, 0.2) is 23.1 Å². The van der Waals surface area contributed by atoms with Gasteiger partial charge in [0.1, 0.15) is 4.90 Å². The SMILES string of the molecule is Cc1ccc(S(=O)(=O)O)c(C(=O)[O-])c1.[K+]. The molecule has 0 bridgehead atoms. The van der Waals surface area contributed by atoms with E-state index >= 15 is 0 Å². The van der Waals surface area contributed by atoms with Gasteiger partial charge in [0.15, 0.2) is 0 Å². The Bertz CT molecular complexity index is 480. The maximum atomic E-state index is 10.7. The number of hydrogen-bond donors (Lipinski definition) is 1. The Morgan fingerprint density at radius 1 is 1.40 bits per heavy atom. The van der Waals surface area contributed by atoms with Crippen LogP contribution in [0.5, 0.6) is 0 Å². The van der Waals surface area contributed by atoms with Crippen molar-refractivity contribution in [2.75, 3.05) is 0 Å². The third kappa shape index (κ3) is 3.95. The van der Waals surface area contributed by atoms with Crippen LogP contribution in [0.3, 0.4) is 0 Å². The minimum absolute atomic E-state index is 0. The molecule has 5 nitrogen and oxygen atoms in total. The van der Waals surface area contributed by atoms with Crippen LogP contribution in [0.1, 0.15) is 15.9 Å². The number of benzene rings is 1. The summed E-state index contributed by atoms with van der Waals surface area (Å²) < 4.78 is 30.2. The summed E-state index contributed by atoms with van der Waals surface area (Å²) in [4.78, 5) is 9.88. The Balaban J connectivity index is 0.00000196. The van der Waals surface area contributed by atoms with Gasteiger partial charge in [-0.15, -0.1) is 0 Å². The number of carbonyl (C=O) groups excluding carboxylic acids is 1. The van der Waals surface area contributed by atoms with Gasteiger partial charge < -0.3 is 9.90 Å². The molecule has 1 rings (SSSR count). The van der Waals surface area contributed by atoms with Crippen molar-refractivity contribution in [3.8, 4) is 0 Å². The molecule has 0 fully saturated rings. The summed E-state index contributed by atoms with van der Waals surface area (Å²) in [5.41, 5.74) is 0.0316. The molecular weight excluding hydrogens is 247 g/mol. The van der Waals surface area contributed by atoms with Crippen LogP contribution < -0.4 is 56.5 Å². The van der Waals surface area contributed by atoms with E-state index in [9.17, 15) is 18.3 Å². The van der Waals surface area contributed by atoms with E-state index in [0.29, 0.717) is 5.56 Å². The number of hydrogen-bond acceptors (Lipinski definition) is 4. The average Bonchev–Trinajstić information content (AvgIpc) is 2.01. The second kappa shape index (κ2) is 5.53. The van der Waals surface area contributed by atoms with Crippen LogP contribution >= 0.6 is 0 Å². The second-order valence-electron chi connectivity index (χ2n) is 2.76. The third-order valence-electron chi connectivity index (χ3n) is 1.63. The molecule has 15 heavy (non-hydrogen) atoms. The maximum absolute atomic E-state index is 10.7. The van der Waals surface area contributed by atoms with Gasteiger partial charge in [0.2, 0.25) is 0 Å². The van der Waals surface area contributed by atoms with E-state index in [0.717, 1.165) is 12.1 Å². The fourth-order valence-corrected chi connectivity index (χ4v) is 1.69. The van der Waals surface area contributed by atoms with Crippen LogP contribution in [-0.4, -0.2) is 18.9 Å². The van der Waals surface area contributed by atoms with E-state index in [1.165, 1.54) is 6.07 Å². The first-order valence-electron chi connectivity index (χ1n) is 3.62. The van der Waals surface area contributed by atoms with Crippen LogP contribution in [0.4, 0.5) is 0 Å². The van der Waals surface area contributed by atoms with Crippen molar-refractivity contribution in [3.05, 3.63) is 29.3 Å². The van der Waals surface area contributed by atoms with Crippen LogP contribution in [0.25, 0.3) is 0 Å². The molecule has 0 heterocycles. The molecule has 0 aliphatic carbocycles. The molecule has 7 heteroatoms. The number of rotatable bonds is 2. The Morgan fingerprint density at radius 3 is 2.33 bits per heavy atom. The van der Waals surface area contributed by atoms with Crippen molar-refractivity contribution in [2.45, 2.75) is 11.8 Å². The standard InChI is InChI=1S/C8H8O5S.K/c1-5-2-3-7(14(11,12)13)6(4-5)8(9)10;/h2-4H,1H3,(H,9,10)(H,11,12,13);/q;+1/p-1. The zero-order chi connectivity index (χ0) is 10.9. The first-order chi connectivity index (χ1) is 6.32. The molecule has 0 radical (unpaired) electrons. The first-order valence-corrected chi connectivity index (χ1v) is 5.06. The van der Waals surface area contributed by atoms with Gasteiger partial charge in [-0.05, 0) is 19.1 Å². The molecule has 0 amide bonds. The molecule has 0 aliphatic rings. The Hall–Kier alpha value is 0.236. The maximum Gasteiger partial charge on any atom is 1.00 e. The number of carboxylic acids is 1. The monoisotopic (exact) mass is 254 g/mol. The minimum atomic E-state index is -4.52. The van der Waals surface area contributed by atoms with Gasteiger partial charge in [-0.25, -0.2) is 0 Å². The van der Waals surface area contributed by atoms with Gasteiger partial charge >= 0.3 is 51.4 Å². The summed E-state index contributed by atoms with van der Waals surface area (Å²) in [5.74, 6) is -1.64. The molecule has 0 aliphatic heterocycles. The van der Waals surface area contributed by atoms with E-state index in [2.05, 4.69) is 0 Å². The first kappa shape index (κ1) is 15.2. The summed E-state index contributed by atoms with van der Waals surface area (Å²) in [5, 5.41) is 10.5. The van der Waals surface area contributed by atoms with Crippen molar-refractivity contribution in [3.63, 3.8) is 0 Å². The number of carbonyl (C=O) groups is 1. The predicted octanol–water partition coefficient (Wildman–Crippen LogP) is -3.39. The summed E-state index contributed by atoms with van der Waals surface area (Å²) >= 11 is 0. The minimum Gasteiger partial charge on any atom is -0.545 e. The normalized spacial score (nSPS) is 10.5. The average molecular weight is 254 g/mol. The summed E-state index contributed by atoms with van der Waals surface area (Å²) in [6, 6.07) is 3.53. The second-order valence-corrected chi connectivity index (χ2v) is 4.15. The molecule has 0 aromatic heterocycles. The van der Waals surface area contributed by atoms with Crippen molar-refractivity contribution in [1.82, 2.24) is 0 Å². The van der Waals surface area contributed by atoms with Crippen molar-refractivity contribution in [1.29, 1.82) is 0 Å². The van der Waals surface area contributed by atoms with E-state index in [-0.39, 0.29) is 51.4 Å². The van der Waals surface area contributed by atoms with Gasteiger partial charge in [0, 0.05) is 5.56 Å². The number of carboxylic acid groups (broad SMARTS) is 1. The molecule has 0 saturated carbocycles. The van der Waals surface area contributed by atoms with Crippen LogP contribution in [0.2, 0.25) is 0 Å². The largest absolute Gasteiger partial charge is 1.00 e. The van der Waals surface area contributed by atoms with E-state index < -0.39 is 26.5 Å². The number of aryl methyl sites for hydroxylation is 1. The quantitative estimate of drug-likeness (QED) is 0.439. The zero-order valence-corrected chi connectivity index (χ0v) is 12.2. The van der Waals surface area contributed by atoms with Gasteiger partial charge in [0.25, 0.3) is 10.1 Å². The van der Waals surface area contributed by atoms with Crippen LogP contribution in [-0.2, 0) is 10.1 Å². The molecule has 1 N–H and O–H groups in total. The van der Waals surface area contributed by atoms with Gasteiger partial charge in [-0.2, -0.15) is 8.42 Å². The van der Waals surface area contributed by atoms with E-state index in [1.807, 2.05) is 0 Å². The summed E-state index contributed by atoms with van der Waals surface area (Å²) in [6.45, 7) is 1.60. The van der Waals surface area contributed by atoms with Gasteiger partial charge in [0.05, 0.1) is 5.97 Å². The molecule has 0 atom stereocenters. The van der Waals surface area contributed by atoms with Crippen molar-refractivity contribution >= 4 is 16.1 Å². The Morgan fingerprint density at radius 2 is 1.93 bits per heavy atom. The molecule has 0 saturated heterocycles. The molecule has 0 unspecified atom stereocenters. The summed E-state index contributed by atoms with van der Waals surface area (Å²) in [6.07, 6.45) is 0. The van der Waals surface area contributed by atoms with E-state index in [1.54, 1.807) is 6.92 Å². The van der Waals surface area contributed by atoms with Gasteiger partial charge in [-0.1, -0.05) is 11.6 Å². The molecule has 76 valence electrons. The molecule has 1 aromatic carbocycles. The zero-order valence-electron chi connectivity index (χ0n) is 8.22. The topological polar surface area (TPSA) is 94.5 Å². The molecule has 0 spiro atoms. The fourth-order valence-electron chi connectivity index (χ4n) is 1.03. The van der Waals surface area contributed by atoms with Gasteiger partial charge in [-0.3, -0.25) is 4.55 Å². The summed E-state index contributed by atoms with van der Waals surface area (Å²) in [7, 11) is -4.52. The smallest absolute Gasteiger partial charge is 0.545 e. The Kier molecular flexibility index (Phi) is 5.62. The molecule has 1 aromatic rings. The van der Waals surface area contributed by atoms with Crippen LogP contribution in [0, 0.1) is 6.92 Å². The third-order valence-corrected chi connectivity index (χ3v) is 2.54. The molecular formula is C8H7KO5S. The van der Waals surface area contributed by atoms with Crippen molar-refractivity contribution < 1.29 is 74.3 Å². The Labute approximate surface area is 130 Å². The van der Waals surface area contributed by atoms with E-state index in [4.69, 9.17) is 4.55 Å². The van der Waals surface area contributed by atoms with Crippen molar-refractivity contribution in [2.24, 2.45) is 0 Å². The fraction of sp³-hybridized carbons (Fsp3) is 0.125. The predicted molar refractivity (Wildman–Crippen MR) is 45.3 cm³/mol. The number of aromatic carboxylic acids is 1.